The van der Waals surface area contributed by atoms with Gasteiger partial charge in [-0.05, 0) is 27.3 Å². The van der Waals surface area contributed by atoms with E-state index in [9.17, 15) is 9.90 Å². The Morgan fingerprint density at radius 1 is 1.47 bits per heavy atom. The number of nitrogens with one attached hydrogen (secondary N) is 2. The van der Waals surface area contributed by atoms with Gasteiger partial charge >= 0.3 is 5.97 Å². The van der Waals surface area contributed by atoms with Crippen LogP contribution in [0.15, 0.2) is 0 Å². The monoisotopic (exact) mass is 274 g/mol. The quantitative estimate of drug-likeness (QED) is 0.443. The number of rotatable bonds is 10. The van der Waals surface area contributed by atoms with Gasteiger partial charge in [-0.15, -0.1) is 0 Å². The molecule has 6 heteroatoms. The Morgan fingerprint density at radius 3 is 2.47 bits per heavy atom. The summed E-state index contributed by atoms with van der Waals surface area (Å²) >= 11 is 0. The summed E-state index contributed by atoms with van der Waals surface area (Å²) in [7, 11) is 1.74. The average Bonchev–Trinajstić information content (AvgIpc) is 2.26. The molecule has 0 saturated carbocycles. The van der Waals surface area contributed by atoms with Gasteiger partial charge in [0.1, 0.15) is 0 Å². The predicted molar refractivity (Wildman–Crippen MR) is 73.7 cm³/mol. The number of hydrogen-bond acceptors (Lipinski definition) is 5. The third-order valence-electron chi connectivity index (χ3n) is 2.85. The van der Waals surface area contributed by atoms with Gasteiger partial charge in [0.25, 0.3) is 0 Å². The minimum absolute atomic E-state index is 0.156. The van der Waals surface area contributed by atoms with Gasteiger partial charge in [-0.2, -0.15) is 0 Å². The lowest BCUT2D eigenvalue weighted by molar-refractivity contribution is -0.139. The molecule has 112 valence electrons. The molecular formula is C13H26N2O4. The fraction of sp³-hybridized carbons (Fsp3) is 0.846. The molecule has 0 fully saturated rings. The summed E-state index contributed by atoms with van der Waals surface area (Å²) in [5.74, 6) is -1.73. The molecule has 0 aliphatic rings. The second-order valence-electron chi connectivity index (χ2n) is 5.28. The lowest BCUT2D eigenvalue weighted by Crippen LogP contribution is -2.37. The molecule has 0 heterocycles. The molecule has 6 nitrogen and oxygen atoms in total. The van der Waals surface area contributed by atoms with E-state index in [0.29, 0.717) is 13.0 Å². The number of carboxylic acid groups (broad SMARTS) is 1. The summed E-state index contributed by atoms with van der Waals surface area (Å²) in [5.41, 5.74) is -0.502. The van der Waals surface area contributed by atoms with Crippen LogP contribution in [0.3, 0.4) is 0 Å². The molecule has 0 aromatic rings. The van der Waals surface area contributed by atoms with E-state index in [1.165, 1.54) is 0 Å². The Kier molecular flexibility index (Phi) is 7.82. The molecule has 0 aromatic heterocycles. The van der Waals surface area contributed by atoms with Crippen molar-refractivity contribution in [1.82, 2.24) is 5.32 Å². The zero-order valence-electron chi connectivity index (χ0n) is 12.2. The largest absolute Gasteiger partial charge is 0.481 e. The fourth-order valence-electron chi connectivity index (χ4n) is 1.82. The van der Waals surface area contributed by atoms with E-state index in [4.69, 9.17) is 15.3 Å². The van der Waals surface area contributed by atoms with E-state index in [-0.39, 0.29) is 18.7 Å². The molecule has 2 atom stereocenters. The molecule has 0 amide bonds. The van der Waals surface area contributed by atoms with Crippen LogP contribution in [0.4, 0.5) is 0 Å². The summed E-state index contributed by atoms with van der Waals surface area (Å²) in [5, 5.41) is 29.3. The molecule has 4 N–H and O–H groups in total. The third-order valence-corrected chi connectivity index (χ3v) is 2.85. The minimum atomic E-state index is -0.974. The Bertz CT molecular complexity index is 305. The van der Waals surface area contributed by atoms with Crippen molar-refractivity contribution in [1.29, 1.82) is 5.41 Å². The number of carbonyl (C=O) groups is 1. The first kappa shape index (κ1) is 18.0. The Hall–Kier alpha value is -0.980. The highest BCUT2D eigenvalue weighted by Gasteiger charge is 2.28. The second-order valence-corrected chi connectivity index (χ2v) is 5.28. The van der Waals surface area contributed by atoms with E-state index < -0.39 is 23.6 Å². The van der Waals surface area contributed by atoms with Crippen molar-refractivity contribution in [2.45, 2.75) is 45.3 Å². The topological polar surface area (TPSA) is 103 Å². The van der Waals surface area contributed by atoms with E-state index in [2.05, 4.69) is 5.32 Å². The highest BCUT2D eigenvalue weighted by molar-refractivity contribution is 6.00. The number of ether oxygens (including phenoxy) is 1. The maximum Gasteiger partial charge on any atom is 0.312 e. The Balaban J connectivity index is 4.34. The predicted octanol–water partition coefficient (Wildman–Crippen LogP) is 0.883. The highest BCUT2D eigenvalue weighted by atomic mass is 16.5. The number of likely N-dealkylation sites (N-methyl/N-ethyl adjacent to an activating group) is 1. The van der Waals surface area contributed by atoms with Crippen LogP contribution in [0.5, 0.6) is 0 Å². The summed E-state index contributed by atoms with van der Waals surface area (Å²) in [6.07, 6.45) is 0.0244. The van der Waals surface area contributed by atoms with Crippen molar-refractivity contribution in [3.8, 4) is 0 Å². The lowest BCUT2D eigenvalue weighted by Gasteiger charge is -2.28. The number of aliphatic carboxylic acids is 1. The average molecular weight is 274 g/mol. The molecule has 0 rings (SSSR count). The SMILES string of the molecule is CCC(C(=N)CC(C)(C)OC[C@@H](O)CNC)C(=O)O. The Morgan fingerprint density at radius 2 is 2.05 bits per heavy atom. The van der Waals surface area contributed by atoms with Gasteiger partial charge in [0.2, 0.25) is 0 Å². The maximum absolute atomic E-state index is 11.0. The molecule has 0 saturated heterocycles. The summed E-state index contributed by atoms with van der Waals surface area (Å²) in [4.78, 5) is 11.0. The number of carboxylic acids is 1. The molecule has 19 heavy (non-hydrogen) atoms. The number of aliphatic hydroxyl groups excluding tert-OH is 1. The summed E-state index contributed by atoms with van der Waals surface area (Å²) in [6.45, 7) is 5.92. The standard InChI is InChI=1S/C13H26N2O4/c1-5-10(12(17)18)11(14)6-13(2,3)19-8-9(16)7-15-4/h9-10,14-16H,5-8H2,1-4H3,(H,17,18)/t9-,10?/m0/s1. The van der Waals surface area contributed by atoms with Gasteiger partial charge < -0.3 is 25.7 Å². The van der Waals surface area contributed by atoms with Gasteiger partial charge in [-0.25, -0.2) is 0 Å². The normalized spacial score (nSPS) is 15.0. The molecule has 0 aliphatic heterocycles. The van der Waals surface area contributed by atoms with Crippen LogP contribution in [0.2, 0.25) is 0 Å². The van der Waals surface area contributed by atoms with Crippen molar-refractivity contribution >= 4 is 11.7 Å². The van der Waals surface area contributed by atoms with Gasteiger partial charge in [0.05, 0.1) is 24.2 Å². The van der Waals surface area contributed by atoms with Crippen LogP contribution >= 0.6 is 0 Å². The van der Waals surface area contributed by atoms with E-state index in [0.717, 1.165) is 0 Å². The number of hydrogen-bond donors (Lipinski definition) is 4. The smallest absolute Gasteiger partial charge is 0.312 e. The Labute approximate surface area is 114 Å². The first-order valence-corrected chi connectivity index (χ1v) is 6.50. The van der Waals surface area contributed by atoms with Crippen molar-refractivity contribution < 1.29 is 19.7 Å². The first-order chi connectivity index (χ1) is 8.73. The molecule has 0 spiro atoms. The van der Waals surface area contributed by atoms with Gasteiger partial charge in [-0.1, -0.05) is 6.92 Å². The lowest BCUT2D eigenvalue weighted by atomic mass is 9.91. The molecular weight excluding hydrogens is 248 g/mol. The molecule has 1 unspecified atom stereocenters. The zero-order chi connectivity index (χ0) is 15.1. The van der Waals surface area contributed by atoms with Gasteiger partial charge in [0.15, 0.2) is 0 Å². The van der Waals surface area contributed by atoms with Crippen LogP contribution < -0.4 is 5.32 Å². The second kappa shape index (κ2) is 8.24. The fourth-order valence-corrected chi connectivity index (χ4v) is 1.82. The molecule has 0 aliphatic carbocycles. The maximum atomic E-state index is 11.0. The van der Waals surface area contributed by atoms with Crippen molar-refractivity contribution in [2.24, 2.45) is 5.92 Å². The molecule has 0 radical (unpaired) electrons. The zero-order valence-corrected chi connectivity index (χ0v) is 12.2. The van der Waals surface area contributed by atoms with Crippen molar-refractivity contribution in [3.05, 3.63) is 0 Å². The highest BCUT2D eigenvalue weighted by Crippen LogP contribution is 2.20. The van der Waals surface area contributed by atoms with E-state index in [1.807, 2.05) is 0 Å². The van der Waals surface area contributed by atoms with Crippen LogP contribution in [-0.2, 0) is 9.53 Å². The summed E-state index contributed by atoms with van der Waals surface area (Å²) in [6, 6.07) is 0. The van der Waals surface area contributed by atoms with Crippen LogP contribution in [-0.4, -0.2) is 53.8 Å². The molecule has 0 bridgehead atoms. The molecule has 0 aromatic carbocycles. The third kappa shape index (κ3) is 7.25. The van der Waals surface area contributed by atoms with Gasteiger partial charge in [0, 0.05) is 18.7 Å². The van der Waals surface area contributed by atoms with Gasteiger partial charge in [-0.3, -0.25) is 4.79 Å². The first-order valence-electron chi connectivity index (χ1n) is 6.50. The van der Waals surface area contributed by atoms with Crippen molar-refractivity contribution in [2.75, 3.05) is 20.2 Å². The summed E-state index contributed by atoms with van der Waals surface area (Å²) < 4.78 is 5.57. The van der Waals surface area contributed by atoms with Crippen LogP contribution in [0.25, 0.3) is 0 Å². The van der Waals surface area contributed by atoms with E-state index in [1.54, 1.807) is 27.8 Å². The number of aliphatic hydroxyl groups is 1. The minimum Gasteiger partial charge on any atom is -0.481 e. The van der Waals surface area contributed by atoms with Crippen LogP contribution in [0, 0.1) is 11.3 Å². The van der Waals surface area contributed by atoms with Crippen molar-refractivity contribution in [3.63, 3.8) is 0 Å². The van der Waals surface area contributed by atoms with E-state index >= 15 is 0 Å². The van der Waals surface area contributed by atoms with Crippen LogP contribution in [0.1, 0.15) is 33.6 Å².